The normalized spacial score (nSPS) is 15.5. The van der Waals surface area contributed by atoms with Crippen molar-refractivity contribution in [1.29, 1.82) is 0 Å². The number of hydrogen-bond acceptors (Lipinski definition) is 4. The molecule has 2 heterocycles. The van der Waals surface area contributed by atoms with Crippen molar-refractivity contribution in [3.63, 3.8) is 0 Å². The maximum Gasteiger partial charge on any atom is 0.191 e. The fourth-order valence-electron chi connectivity index (χ4n) is 3.79. The molecule has 1 aromatic carbocycles. The van der Waals surface area contributed by atoms with Crippen molar-refractivity contribution in [2.45, 2.75) is 46.2 Å². The number of rotatable bonds is 9. The van der Waals surface area contributed by atoms with Gasteiger partial charge in [-0.1, -0.05) is 36.7 Å². The molecule has 0 radical (unpaired) electrons. The minimum atomic E-state index is 0. The van der Waals surface area contributed by atoms with E-state index in [2.05, 4.69) is 56.3 Å². The molecule has 31 heavy (non-hydrogen) atoms. The molecule has 1 fully saturated rings. The molecule has 1 aliphatic rings. The van der Waals surface area contributed by atoms with Gasteiger partial charge in [0.05, 0.1) is 0 Å². The highest BCUT2D eigenvalue weighted by molar-refractivity contribution is 14.0. The van der Waals surface area contributed by atoms with Gasteiger partial charge < -0.3 is 15.2 Å². The number of likely N-dealkylation sites (tertiary alicyclic amines) is 1. The van der Waals surface area contributed by atoms with Gasteiger partial charge >= 0.3 is 0 Å². The Balaban J connectivity index is 0.00000341. The van der Waals surface area contributed by atoms with E-state index < -0.39 is 0 Å². The molecule has 3 rings (SSSR count). The Hall–Kier alpha value is -1.39. The van der Waals surface area contributed by atoms with Crippen molar-refractivity contribution >= 4 is 41.5 Å². The molecule has 0 saturated carbocycles. The van der Waals surface area contributed by atoms with Crippen molar-refractivity contribution in [3.8, 4) is 0 Å². The predicted molar refractivity (Wildman–Crippen MR) is 138 cm³/mol. The summed E-state index contributed by atoms with van der Waals surface area (Å²) in [5, 5.41) is 15.8. The summed E-state index contributed by atoms with van der Waals surface area (Å²) < 4.78 is 2.09. The van der Waals surface area contributed by atoms with Crippen LogP contribution in [0.25, 0.3) is 0 Å². The summed E-state index contributed by atoms with van der Waals surface area (Å²) in [6.45, 7) is 10.7. The summed E-state index contributed by atoms with van der Waals surface area (Å²) in [5.41, 5.74) is 1.22. The third-order valence-electron chi connectivity index (χ3n) is 5.57. The van der Waals surface area contributed by atoms with Gasteiger partial charge in [-0.3, -0.25) is 9.89 Å². The predicted octanol–water partition coefficient (Wildman–Crippen LogP) is 3.58. The molecular formula is C22H35ClIN7. The Kier molecular flexibility index (Phi) is 11.6. The lowest BCUT2D eigenvalue weighted by atomic mass is 9.96. The van der Waals surface area contributed by atoms with E-state index >= 15 is 0 Å². The van der Waals surface area contributed by atoms with Crippen molar-refractivity contribution in [3.05, 3.63) is 47.0 Å². The van der Waals surface area contributed by atoms with E-state index in [4.69, 9.17) is 16.6 Å². The van der Waals surface area contributed by atoms with Gasteiger partial charge in [-0.15, -0.1) is 34.2 Å². The van der Waals surface area contributed by atoms with E-state index in [-0.39, 0.29) is 24.0 Å². The van der Waals surface area contributed by atoms with E-state index in [1.807, 2.05) is 12.1 Å². The summed E-state index contributed by atoms with van der Waals surface area (Å²) in [6, 6.07) is 8.14. The van der Waals surface area contributed by atoms with Gasteiger partial charge in [0.25, 0.3) is 0 Å². The number of benzene rings is 1. The standard InChI is InChI=1S/C22H34ClN7.HI/c1-3-21-28-27-17-30(21)14-11-25-22(24-4-2)26-15-18-9-12-29(13-10-18)16-19-7-5-6-8-20(19)23;/h5-8,17-18H,3-4,9-16H2,1-2H3,(H2,24,25,26);1H. The van der Waals surface area contributed by atoms with Crippen LogP contribution in [0.2, 0.25) is 5.02 Å². The number of piperidine rings is 1. The van der Waals surface area contributed by atoms with Crippen LogP contribution in [0, 0.1) is 5.92 Å². The van der Waals surface area contributed by atoms with Crippen molar-refractivity contribution in [2.24, 2.45) is 10.9 Å². The molecule has 2 N–H and O–H groups in total. The molecule has 1 saturated heterocycles. The molecule has 1 aliphatic heterocycles. The first-order valence-corrected chi connectivity index (χ1v) is 11.4. The second kappa shape index (κ2) is 13.9. The van der Waals surface area contributed by atoms with Crippen LogP contribution < -0.4 is 10.6 Å². The Morgan fingerprint density at radius 1 is 1.19 bits per heavy atom. The zero-order chi connectivity index (χ0) is 21.2. The van der Waals surface area contributed by atoms with E-state index in [0.29, 0.717) is 5.92 Å². The monoisotopic (exact) mass is 559 g/mol. The average Bonchev–Trinajstić information content (AvgIpc) is 3.22. The van der Waals surface area contributed by atoms with E-state index in [1.54, 1.807) is 6.33 Å². The zero-order valence-electron chi connectivity index (χ0n) is 18.6. The molecule has 0 bridgehead atoms. The molecule has 2 aromatic rings. The summed E-state index contributed by atoms with van der Waals surface area (Å²) in [7, 11) is 0. The van der Waals surface area contributed by atoms with Crippen LogP contribution in [0.15, 0.2) is 35.6 Å². The highest BCUT2D eigenvalue weighted by Gasteiger charge is 2.19. The fraction of sp³-hybridized carbons (Fsp3) is 0.591. The van der Waals surface area contributed by atoms with Gasteiger partial charge in [-0.2, -0.15) is 0 Å². The number of nitrogens with zero attached hydrogens (tertiary/aromatic N) is 5. The lowest BCUT2D eigenvalue weighted by molar-refractivity contribution is 0.180. The first kappa shape index (κ1) is 25.9. The third-order valence-corrected chi connectivity index (χ3v) is 5.94. The number of aryl methyl sites for hydroxylation is 1. The van der Waals surface area contributed by atoms with E-state index in [1.165, 1.54) is 18.4 Å². The molecule has 9 heteroatoms. The van der Waals surface area contributed by atoms with Crippen LogP contribution in [-0.2, 0) is 19.5 Å². The average molecular weight is 560 g/mol. The second-order valence-electron chi connectivity index (χ2n) is 7.75. The van der Waals surface area contributed by atoms with Crippen LogP contribution in [0.3, 0.4) is 0 Å². The van der Waals surface area contributed by atoms with E-state index in [9.17, 15) is 0 Å². The maximum absolute atomic E-state index is 6.31. The van der Waals surface area contributed by atoms with E-state index in [0.717, 1.165) is 69.0 Å². The SMILES string of the molecule is CCNC(=NCC1CCN(Cc2ccccc2Cl)CC1)NCCn1cnnc1CC.I. The fourth-order valence-corrected chi connectivity index (χ4v) is 3.99. The largest absolute Gasteiger partial charge is 0.357 e. The van der Waals surface area contributed by atoms with Crippen LogP contribution in [0.5, 0.6) is 0 Å². The molecule has 172 valence electrons. The highest BCUT2D eigenvalue weighted by atomic mass is 127. The van der Waals surface area contributed by atoms with Gasteiger partial charge in [-0.25, -0.2) is 0 Å². The first-order chi connectivity index (χ1) is 14.7. The van der Waals surface area contributed by atoms with Crippen molar-refractivity contribution in [1.82, 2.24) is 30.3 Å². The molecule has 7 nitrogen and oxygen atoms in total. The van der Waals surface area contributed by atoms with Crippen LogP contribution in [-0.4, -0.2) is 58.3 Å². The second-order valence-corrected chi connectivity index (χ2v) is 8.16. The van der Waals surface area contributed by atoms with Gasteiger partial charge in [-0.05, 0) is 50.4 Å². The number of nitrogens with one attached hydrogen (secondary N) is 2. The molecule has 0 unspecified atom stereocenters. The Labute approximate surface area is 208 Å². The van der Waals surface area contributed by atoms with Crippen molar-refractivity contribution in [2.75, 3.05) is 32.7 Å². The number of aliphatic imine (C=N–C) groups is 1. The Morgan fingerprint density at radius 2 is 1.97 bits per heavy atom. The number of hydrogen-bond donors (Lipinski definition) is 2. The lowest BCUT2D eigenvalue weighted by Gasteiger charge is -2.31. The summed E-state index contributed by atoms with van der Waals surface area (Å²) in [4.78, 5) is 7.33. The minimum absolute atomic E-state index is 0. The molecular weight excluding hydrogens is 525 g/mol. The van der Waals surface area contributed by atoms with Gasteiger partial charge in [0.1, 0.15) is 12.2 Å². The van der Waals surface area contributed by atoms with Crippen LogP contribution >= 0.6 is 35.6 Å². The smallest absolute Gasteiger partial charge is 0.191 e. The third kappa shape index (κ3) is 8.23. The quantitative estimate of drug-likeness (QED) is 0.279. The Bertz CT molecular complexity index is 803. The highest BCUT2D eigenvalue weighted by Crippen LogP contribution is 2.22. The zero-order valence-corrected chi connectivity index (χ0v) is 21.6. The summed E-state index contributed by atoms with van der Waals surface area (Å²) in [5.74, 6) is 2.54. The lowest BCUT2D eigenvalue weighted by Crippen LogP contribution is -2.40. The Morgan fingerprint density at radius 3 is 2.68 bits per heavy atom. The minimum Gasteiger partial charge on any atom is -0.357 e. The summed E-state index contributed by atoms with van der Waals surface area (Å²) in [6.07, 6.45) is 5.03. The maximum atomic E-state index is 6.31. The summed E-state index contributed by atoms with van der Waals surface area (Å²) >= 11 is 6.31. The molecule has 1 aromatic heterocycles. The van der Waals surface area contributed by atoms with Crippen LogP contribution in [0.4, 0.5) is 0 Å². The van der Waals surface area contributed by atoms with Gasteiger partial charge in [0, 0.05) is 44.2 Å². The number of guanidine groups is 1. The van der Waals surface area contributed by atoms with Gasteiger partial charge in [0.15, 0.2) is 5.96 Å². The topological polar surface area (TPSA) is 70.4 Å². The molecule has 0 aliphatic carbocycles. The van der Waals surface area contributed by atoms with Crippen molar-refractivity contribution < 1.29 is 0 Å². The number of aromatic nitrogens is 3. The van der Waals surface area contributed by atoms with Crippen LogP contribution in [0.1, 0.15) is 38.1 Å². The molecule has 0 spiro atoms. The molecule has 0 atom stereocenters. The first-order valence-electron chi connectivity index (χ1n) is 11.0. The number of halogens is 2. The molecule has 0 amide bonds. The van der Waals surface area contributed by atoms with Gasteiger partial charge in [0.2, 0.25) is 0 Å².